The third-order valence-corrected chi connectivity index (χ3v) is 14.9. The molecule has 8 atom stereocenters. The SMILES string of the molecule is CC(C)C1=C2[C@H]3CC[C@@H]4[C@@]5(C)CCC(NC(=O)N6CCN(C)CC6)C(C)(C)[C@@H]5CC[C@@]4(C)[C@]3(C)CC[C@@]2(C)CC1=O. The van der Waals surface area contributed by atoms with Gasteiger partial charge in [0.1, 0.15) is 0 Å². The number of likely N-dealkylation sites (N-methyl/N-ethyl adjacent to an activating group) is 1. The lowest BCUT2D eigenvalue weighted by Crippen LogP contribution is -2.67. The third-order valence-electron chi connectivity index (χ3n) is 14.9. The van der Waals surface area contributed by atoms with E-state index in [9.17, 15) is 9.59 Å². The highest BCUT2D eigenvalue weighted by atomic mass is 16.2. The molecule has 1 saturated heterocycles. The minimum Gasteiger partial charge on any atom is -0.335 e. The van der Waals surface area contributed by atoms with Gasteiger partial charge in [0, 0.05) is 38.6 Å². The summed E-state index contributed by atoms with van der Waals surface area (Å²) in [6.45, 7) is 23.4. The summed E-state index contributed by atoms with van der Waals surface area (Å²) < 4.78 is 0. The van der Waals surface area contributed by atoms with E-state index in [1.54, 1.807) is 5.57 Å². The summed E-state index contributed by atoms with van der Waals surface area (Å²) in [5.74, 6) is 2.65. The van der Waals surface area contributed by atoms with Crippen LogP contribution in [0.5, 0.6) is 0 Å². The number of ketones is 1. The van der Waals surface area contributed by atoms with Gasteiger partial charge >= 0.3 is 6.03 Å². The summed E-state index contributed by atoms with van der Waals surface area (Å²) in [6, 6.07) is 0.390. The Morgan fingerprint density at radius 1 is 0.829 bits per heavy atom. The van der Waals surface area contributed by atoms with Crippen LogP contribution in [0.15, 0.2) is 11.1 Å². The van der Waals surface area contributed by atoms with Crippen LogP contribution in [0.1, 0.15) is 113 Å². The van der Waals surface area contributed by atoms with E-state index in [1.165, 1.54) is 50.5 Å². The monoisotopic (exact) mass is 565 g/mol. The van der Waals surface area contributed by atoms with Gasteiger partial charge in [-0.1, -0.05) is 61.0 Å². The molecule has 1 unspecified atom stereocenters. The fraction of sp³-hybridized carbons (Fsp3) is 0.889. The lowest BCUT2D eigenvalue weighted by Gasteiger charge is -2.72. The van der Waals surface area contributed by atoms with Crippen molar-refractivity contribution in [3.63, 3.8) is 0 Å². The maximum atomic E-state index is 13.4. The first-order valence-corrected chi connectivity index (χ1v) is 17.1. The van der Waals surface area contributed by atoms with Gasteiger partial charge in [0.25, 0.3) is 0 Å². The van der Waals surface area contributed by atoms with Gasteiger partial charge in [-0.2, -0.15) is 0 Å². The molecule has 1 heterocycles. The standard InChI is InChI=1S/C36H59N3O2/c1-23(2)29-25(40)22-33(5)16-17-35(7)24(30(29)33)10-11-27-34(6)14-13-28(32(3,4)26(34)12-15-36(27,35)8)37-31(41)39-20-18-38(9)19-21-39/h23-24,26-28H,10-22H2,1-9H3,(H,37,41)/t24-,26+,27-,28?,33+,34+,35-,36-/m1/s1. The molecular weight excluding hydrogens is 506 g/mol. The Morgan fingerprint density at radius 3 is 2.17 bits per heavy atom. The van der Waals surface area contributed by atoms with Gasteiger partial charge in [-0.05, 0) is 115 Å². The topological polar surface area (TPSA) is 52.7 Å². The van der Waals surface area contributed by atoms with Gasteiger partial charge in [-0.25, -0.2) is 4.79 Å². The van der Waals surface area contributed by atoms with Gasteiger partial charge in [-0.15, -0.1) is 0 Å². The molecule has 5 heteroatoms. The molecule has 0 aromatic carbocycles. The molecule has 230 valence electrons. The molecule has 0 radical (unpaired) electrons. The number of carbonyl (C=O) groups is 2. The molecule has 1 aliphatic heterocycles. The summed E-state index contributed by atoms with van der Waals surface area (Å²) in [5, 5.41) is 3.56. The van der Waals surface area contributed by atoms with Crippen molar-refractivity contribution in [2.45, 2.75) is 119 Å². The lowest BCUT2D eigenvalue weighted by molar-refractivity contribution is -0.215. The number of nitrogens with zero attached hydrogens (tertiary/aromatic N) is 2. The first-order valence-electron chi connectivity index (χ1n) is 17.1. The Labute approximate surface area is 250 Å². The van der Waals surface area contributed by atoms with E-state index in [0.29, 0.717) is 34.9 Å². The Balaban J connectivity index is 1.27. The van der Waals surface area contributed by atoms with Gasteiger partial charge < -0.3 is 15.1 Å². The number of allylic oxidation sites excluding steroid dienone is 2. The average molecular weight is 566 g/mol. The van der Waals surface area contributed by atoms with Crippen molar-refractivity contribution in [2.75, 3.05) is 33.2 Å². The van der Waals surface area contributed by atoms with E-state index >= 15 is 0 Å². The molecule has 4 saturated carbocycles. The van der Waals surface area contributed by atoms with Crippen LogP contribution in [0.2, 0.25) is 0 Å². The normalized spacial score (nSPS) is 46.1. The van der Waals surface area contributed by atoms with E-state index in [0.717, 1.165) is 39.0 Å². The second-order valence-corrected chi connectivity index (χ2v) is 17.4. The number of urea groups is 1. The predicted molar refractivity (Wildman–Crippen MR) is 166 cm³/mol. The number of rotatable bonds is 2. The second kappa shape index (κ2) is 9.57. The summed E-state index contributed by atoms with van der Waals surface area (Å²) >= 11 is 0. The minimum absolute atomic E-state index is 0.0741. The number of piperazine rings is 1. The van der Waals surface area contributed by atoms with Crippen LogP contribution >= 0.6 is 0 Å². The highest BCUT2D eigenvalue weighted by Gasteiger charge is 2.69. The Bertz CT molecular complexity index is 1130. The molecule has 5 nitrogen and oxygen atoms in total. The summed E-state index contributed by atoms with van der Waals surface area (Å²) in [4.78, 5) is 31.1. The highest BCUT2D eigenvalue weighted by Crippen LogP contribution is 2.76. The fourth-order valence-corrected chi connectivity index (χ4v) is 12.4. The number of Topliss-reactive ketones (excluding diaryl/α,β-unsaturated/α-hetero) is 1. The van der Waals surface area contributed by atoms with Crippen molar-refractivity contribution in [3.05, 3.63) is 11.1 Å². The lowest BCUT2D eigenvalue weighted by atomic mass is 9.33. The molecule has 6 aliphatic rings. The van der Waals surface area contributed by atoms with Gasteiger partial charge in [0.2, 0.25) is 0 Å². The Morgan fingerprint density at radius 2 is 1.51 bits per heavy atom. The van der Waals surface area contributed by atoms with Crippen molar-refractivity contribution in [1.82, 2.24) is 15.1 Å². The molecule has 6 rings (SSSR count). The number of hydrogen-bond acceptors (Lipinski definition) is 3. The van der Waals surface area contributed by atoms with Crippen LogP contribution in [0, 0.1) is 50.7 Å². The summed E-state index contributed by atoms with van der Waals surface area (Å²) in [7, 11) is 2.14. The van der Waals surface area contributed by atoms with Crippen LogP contribution in [0.25, 0.3) is 0 Å². The van der Waals surface area contributed by atoms with Crippen LogP contribution in [0.3, 0.4) is 0 Å². The molecule has 1 N–H and O–H groups in total. The molecular formula is C36H59N3O2. The summed E-state index contributed by atoms with van der Waals surface area (Å²) in [5.41, 5.74) is 3.80. The van der Waals surface area contributed by atoms with Crippen LogP contribution < -0.4 is 5.32 Å². The van der Waals surface area contributed by atoms with Gasteiger partial charge in [-0.3, -0.25) is 4.79 Å². The molecule has 2 amide bonds. The number of carbonyl (C=O) groups excluding carboxylic acids is 2. The molecule has 5 aliphatic carbocycles. The van der Waals surface area contributed by atoms with E-state index < -0.39 is 0 Å². The molecule has 0 bridgehead atoms. The first kappa shape index (κ1) is 29.7. The van der Waals surface area contributed by atoms with E-state index in [4.69, 9.17) is 0 Å². The fourth-order valence-electron chi connectivity index (χ4n) is 12.4. The van der Waals surface area contributed by atoms with Gasteiger partial charge in [0.05, 0.1) is 0 Å². The number of fused-ring (bicyclic) bond motifs is 7. The molecule has 0 aromatic heterocycles. The molecule has 41 heavy (non-hydrogen) atoms. The average Bonchev–Trinajstić information content (AvgIpc) is 3.17. The molecule has 0 spiro atoms. The van der Waals surface area contributed by atoms with Gasteiger partial charge in [0.15, 0.2) is 5.78 Å². The second-order valence-electron chi connectivity index (χ2n) is 17.4. The van der Waals surface area contributed by atoms with Crippen molar-refractivity contribution < 1.29 is 9.59 Å². The van der Waals surface area contributed by atoms with Crippen LogP contribution in [-0.4, -0.2) is 60.9 Å². The zero-order valence-corrected chi connectivity index (χ0v) is 27.8. The number of nitrogens with one attached hydrogen (secondary N) is 1. The zero-order chi connectivity index (χ0) is 29.8. The van der Waals surface area contributed by atoms with Crippen molar-refractivity contribution in [2.24, 2.45) is 50.7 Å². The zero-order valence-electron chi connectivity index (χ0n) is 27.8. The van der Waals surface area contributed by atoms with E-state index in [2.05, 4.69) is 72.7 Å². The quantitative estimate of drug-likeness (QED) is 0.382. The highest BCUT2D eigenvalue weighted by molar-refractivity contribution is 6.00. The van der Waals surface area contributed by atoms with Crippen molar-refractivity contribution >= 4 is 11.8 Å². The maximum Gasteiger partial charge on any atom is 0.317 e. The third kappa shape index (κ3) is 4.09. The minimum atomic E-state index is 0.0741. The predicted octanol–water partition coefficient (Wildman–Crippen LogP) is 7.31. The first-order chi connectivity index (χ1) is 19.1. The van der Waals surface area contributed by atoms with Crippen molar-refractivity contribution in [1.29, 1.82) is 0 Å². The van der Waals surface area contributed by atoms with Crippen LogP contribution in [0.4, 0.5) is 4.79 Å². The molecule has 5 fully saturated rings. The van der Waals surface area contributed by atoms with E-state index in [-0.39, 0.29) is 33.7 Å². The molecule has 0 aromatic rings. The van der Waals surface area contributed by atoms with Crippen molar-refractivity contribution in [3.8, 4) is 0 Å². The maximum absolute atomic E-state index is 13.4. The Kier molecular flexibility index (Phi) is 6.93. The largest absolute Gasteiger partial charge is 0.335 e. The smallest absolute Gasteiger partial charge is 0.317 e. The summed E-state index contributed by atoms with van der Waals surface area (Å²) in [6.07, 6.45) is 10.6. The van der Waals surface area contributed by atoms with Crippen LogP contribution in [-0.2, 0) is 4.79 Å². The Hall–Kier alpha value is -1.36. The number of amides is 2. The number of hydrogen-bond donors (Lipinski definition) is 1. The van der Waals surface area contributed by atoms with E-state index in [1.807, 2.05) is 4.90 Å².